The van der Waals surface area contributed by atoms with Gasteiger partial charge >= 0.3 is 0 Å². The van der Waals surface area contributed by atoms with E-state index in [9.17, 15) is 12.8 Å². The van der Waals surface area contributed by atoms with Gasteiger partial charge < -0.3 is 5.32 Å². The summed E-state index contributed by atoms with van der Waals surface area (Å²) in [6, 6.07) is 13.9. The number of nitrogens with one attached hydrogen (secondary N) is 2. The minimum atomic E-state index is -3.27. The number of halogens is 1. The van der Waals surface area contributed by atoms with Crippen LogP contribution in [0.1, 0.15) is 5.56 Å². The van der Waals surface area contributed by atoms with Gasteiger partial charge in [-0.3, -0.25) is 9.71 Å². The lowest BCUT2D eigenvalue weighted by Gasteiger charge is -2.10. The molecule has 0 aliphatic carbocycles. The number of rotatable bonds is 6. The van der Waals surface area contributed by atoms with E-state index in [0.29, 0.717) is 17.7 Å². The van der Waals surface area contributed by atoms with Crippen LogP contribution in [0.3, 0.4) is 0 Å². The third-order valence-corrected chi connectivity index (χ3v) is 4.31. The standard InChI is InChI=1S/C18H18FN3O2S/c1-25(23,24)22-14-7-5-13(6-8-14)9-11-20-17-10-12-21-18-15(17)3-2-4-16(18)19/h2-8,10,12,22H,9,11H2,1H3,(H,20,21). The van der Waals surface area contributed by atoms with Gasteiger partial charge in [0.1, 0.15) is 11.3 Å². The van der Waals surface area contributed by atoms with E-state index in [1.54, 1.807) is 24.4 Å². The molecule has 7 heteroatoms. The molecular formula is C18H18FN3O2S. The first-order valence-corrected chi connectivity index (χ1v) is 9.65. The summed E-state index contributed by atoms with van der Waals surface area (Å²) in [5.74, 6) is -0.338. The highest BCUT2D eigenvalue weighted by Gasteiger charge is 2.06. The van der Waals surface area contributed by atoms with Gasteiger partial charge in [-0.15, -0.1) is 0 Å². The first-order chi connectivity index (χ1) is 11.9. The molecule has 1 aromatic heterocycles. The van der Waals surface area contributed by atoms with Crippen LogP contribution < -0.4 is 10.0 Å². The molecule has 3 rings (SSSR count). The van der Waals surface area contributed by atoms with Crippen LogP contribution >= 0.6 is 0 Å². The first kappa shape index (κ1) is 17.2. The van der Waals surface area contributed by atoms with E-state index in [2.05, 4.69) is 15.0 Å². The van der Waals surface area contributed by atoms with E-state index in [1.165, 1.54) is 6.07 Å². The van der Waals surface area contributed by atoms with Gasteiger partial charge in [0.2, 0.25) is 10.0 Å². The molecule has 0 fully saturated rings. The summed E-state index contributed by atoms with van der Waals surface area (Å²) in [5, 5.41) is 4.04. The van der Waals surface area contributed by atoms with Crippen molar-refractivity contribution in [1.82, 2.24) is 4.98 Å². The van der Waals surface area contributed by atoms with Crippen molar-refractivity contribution in [3.8, 4) is 0 Å². The van der Waals surface area contributed by atoms with Crippen LogP contribution in [-0.2, 0) is 16.4 Å². The second-order valence-corrected chi connectivity index (χ2v) is 7.49. The van der Waals surface area contributed by atoms with Crippen molar-refractivity contribution < 1.29 is 12.8 Å². The van der Waals surface area contributed by atoms with Gasteiger partial charge in [0.25, 0.3) is 0 Å². The van der Waals surface area contributed by atoms with Gasteiger partial charge in [0.15, 0.2) is 0 Å². The zero-order valence-electron chi connectivity index (χ0n) is 13.7. The number of pyridine rings is 1. The van der Waals surface area contributed by atoms with E-state index in [1.807, 2.05) is 24.3 Å². The zero-order valence-corrected chi connectivity index (χ0v) is 14.5. The molecule has 0 bridgehead atoms. The normalized spacial score (nSPS) is 11.4. The molecule has 3 aromatic rings. The molecule has 130 valence electrons. The zero-order chi connectivity index (χ0) is 17.9. The van der Waals surface area contributed by atoms with Crippen LogP contribution in [0.2, 0.25) is 0 Å². The maximum Gasteiger partial charge on any atom is 0.229 e. The lowest BCUT2D eigenvalue weighted by atomic mass is 10.1. The molecule has 0 atom stereocenters. The molecule has 1 heterocycles. The van der Waals surface area contributed by atoms with Crippen molar-refractivity contribution in [1.29, 1.82) is 0 Å². The van der Waals surface area contributed by atoms with Crippen molar-refractivity contribution in [2.75, 3.05) is 22.8 Å². The number of benzene rings is 2. The van der Waals surface area contributed by atoms with Crippen molar-refractivity contribution in [2.24, 2.45) is 0 Å². The molecule has 0 radical (unpaired) electrons. The third kappa shape index (κ3) is 4.45. The predicted molar refractivity (Wildman–Crippen MR) is 98.8 cm³/mol. The molecule has 0 amide bonds. The molecule has 0 aliphatic rings. The highest BCUT2D eigenvalue weighted by molar-refractivity contribution is 7.92. The molecule has 5 nitrogen and oxygen atoms in total. The molecule has 25 heavy (non-hydrogen) atoms. The Kier molecular flexibility index (Phi) is 4.85. The summed E-state index contributed by atoms with van der Waals surface area (Å²) in [6.45, 7) is 0.661. The molecule has 0 saturated heterocycles. The number of fused-ring (bicyclic) bond motifs is 1. The Bertz CT molecular complexity index is 989. The van der Waals surface area contributed by atoms with E-state index >= 15 is 0 Å². The van der Waals surface area contributed by atoms with Gasteiger partial charge in [0, 0.05) is 29.5 Å². The van der Waals surface area contributed by atoms with Crippen molar-refractivity contribution in [2.45, 2.75) is 6.42 Å². The number of hydrogen-bond acceptors (Lipinski definition) is 4. The van der Waals surface area contributed by atoms with E-state index < -0.39 is 10.0 Å². The number of aromatic nitrogens is 1. The number of hydrogen-bond donors (Lipinski definition) is 2. The smallest absolute Gasteiger partial charge is 0.229 e. The fourth-order valence-corrected chi connectivity index (χ4v) is 3.15. The summed E-state index contributed by atoms with van der Waals surface area (Å²) in [7, 11) is -3.27. The van der Waals surface area contributed by atoms with Crippen LogP contribution in [0.5, 0.6) is 0 Å². The Morgan fingerprint density at radius 2 is 1.84 bits per heavy atom. The van der Waals surface area contributed by atoms with Crippen LogP contribution in [-0.4, -0.2) is 26.2 Å². The largest absolute Gasteiger partial charge is 0.384 e. The predicted octanol–water partition coefficient (Wildman–Crippen LogP) is 3.40. The molecule has 0 spiro atoms. The first-order valence-electron chi connectivity index (χ1n) is 7.76. The van der Waals surface area contributed by atoms with Gasteiger partial charge in [-0.05, 0) is 36.2 Å². The topological polar surface area (TPSA) is 71.1 Å². The average molecular weight is 359 g/mol. The highest BCUT2D eigenvalue weighted by atomic mass is 32.2. The molecular weight excluding hydrogens is 341 g/mol. The van der Waals surface area contributed by atoms with Crippen LogP contribution in [0.25, 0.3) is 10.9 Å². The summed E-state index contributed by atoms with van der Waals surface area (Å²) >= 11 is 0. The molecule has 2 aromatic carbocycles. The maximum absolute atomic E-state index is 13.8. The van der Waals surface area contributed by atoms with Crippen LogP contribution in [0, 0.1) is 5.82 Å². The Balaban J connectivity index is 1.65. The fourth-order valence-electron chi connectivity index (χ4n) is 2.59. The Morgan fingerprint density at radius 3 is 2.56 bits per heavy atom. The lowest BCUT2D eigenvalue weighted by Crippen LogP contribution is -2.09. The second kappa shape index (κ2) is 7.06. The summed E-state index contributed by atoms with van der Waals surface area (Å²) in [5.41, 5.74) is 2.79. The molecule has 0 unspecified atom stereocenters. The minimum Gasteiger partial charge on any atom is -0.384 e. The molecule has 0 saturated carbocycles. The van der Waals surface area contributed by atoms with E-state index in [-0.39, 0.29) is 5.82 Å². The molecule has 2 N–H and O–H groups in total. The summed E-state index contributed by atoms with van der Waals surface area (Å²) < 4.78 is 38.6. The molecule has 0 aliphatic heterocycles. The number of nitrogens with zero attached hydrogens (tertiary/aromatic N) is 1. The third-order valence-electron chi connectivity index (χ3n) is 3.71. The highest BCUT2D eigenvalue weighted by Crippen LogP contribution is 2.23. The number of anilines is 2. The summed E-state index contributed by atoms with van der Waals surface area (Å²) in [4.78, 5) is 4.08. The van der Waals surface area contributed by atoms with Gasteiger partial charge in [-0.2, -0.15) is 0 Å². The van der Waals surface area contributed by atoms with E-state index in [4.69, 9.17) is 0 Å². The van der Waals surface area contributed by atoms with Crippen LogP contribution in [0.15, 0.2) is 54.7 Å². The van der Waals surface area contributed by atoms with E-state index in [0.717, 1.165) is 29.3 Å². The SMILES string of the molecule is CS(=O)(=O)Nc1ccc(CCNc2ccnc3c(F)cccc23)cc1. The van der Waals surface area contributed by atoms with Crippen molar-refractivity contribution in [3.63, 3.8) is 0 Å². The lowest BCUT2D eigenvalue weighted by molar-refractivity contribution is 0.607. The average Bonchev–Trinajstić information content (AvgIpc) is 2.56. The second-order valence-electron chi connectivity index (χ2n) is 5.74. The summed E-state index contributed by atoms with van der Waals surface area (Å²) in [6.07, 6.45) is 3.45. The van der Waals surface area contributed by atoms with Gasteiger partial charge in [-0.25, -0.2) is 12.8 Å². The Labute approximate surface area is 146 Å². The Hall–Kier alpha value is -2.67. The van der Waals surface area contributed by atoms with Crippen molar-refractivity contribution in [3.05, 3.63) is 66.1 Å². The minimum absolute atomic E-state index is 0.338. The maximum atomic E-state index is 13.8. The van der Waals surface area contributed by atoms with Gasteiger partial charge in [-0.1, -0.05) is 24.3 Å². The number of sulfonamides is 1. The van der Waals surface area contributed by atoms with Gasteiger partial charge in [0.05, 0.1) is 6.26 Å². The number of para-hydroxylation sites is 1. The fraction of sp³-hybridized carbons (Fsp3) is 0.167. The Morgan fingerprint density at radius 1 is 1.08 bits per heavy atom. The monoisotopic (exact) mass is 359 g/mol. The van der Waals surface area contributed by atoms with Crippen LogP contribution in [0.4, 0.5) is 15.8 Å². The van der Waals surface area contributed by atoms with Crippen molar-refractivity contribution >= 4 is 32.3 Å². The quantitative estimate of drug-likeness (QED) is 0.708.